The van der Waals surface area contributed by atoms with Crippen molar-refractivity contribution < 1.29 is 40.2 Å². The van der Waals surface area contributed by atoms with Gasteiger partial charge in [0.2, 0.25) is 5.88 Å². The normalized spacial score (nSPS) is 24.5. The summed E-state index contributed by atoms with van der Waals surface area (Å²) in [5, 5.41) is -0.0473. The van der Waals surface area contributed by atoms with E-state index in [1.54, 1.807) is 17.0 Å². The van der Waals surface area contributed by atoms with Crippen molar-refractivity contribution in [3.63, 3.8) is 0 Å². The minimum Gasteiger partial charge on any atom is -0.475 e. The van der Waals surface area contributed by atoms with Gasteiger partial charge >= 0.3 is 12.2 Å². The molecule has 6 heterocycles. The summed E-state index contributed by atoms with van der Waals surface area (Å²) in [4.78, 5) is 21.2. The maximum absolute atomic E-state index is 16.9. The van der Waals surface area contributed by atoms with E-state index in [1.165, 1.54) is 6.20 Å². The number of hydrogen-bond acceptors (Lipinski definition) is 10. The fourth-order valence-electron chi connectivity index (χ4n) is 8.35. The molecule has 1 aromatic carbocycles. The molecule has 1 unspecified atom stereocenters. The number of pyridine rings is 2. The highest BCUT2D eigenvalue weighted by Crippen LogP contribution is 2.69. The standard InChI is InChI=1S/C34H33F7N8O2/c1-16-22(34(39,40)41)19(11-20(42)23(16)35)25-24(36)26-21-28(49(9-10-50-29(21)45-25)17(2)18-5-3-7-44-27(18)43)47-30(46-26)51-15-32-6-4-8-48(32)14-31(12-32)13-33(31,37)38/h3,5,7,11,17H,4,6,8-10,12-15,42H2,1-2H3,(H2,43,44)/t17-,31-,32?/m1/s1. The number of nitrogens with two attached hydrogens (primary N) is 2. The summed E-state index contributed by atoms with van der Waals surface area (Å²) in [7, 11) is 0. The second-order valence-electron chi connectivity index (χ2n) is 14.0. The number of fused-ring (bicyclic) bond motifs is 1. The third kappa shape index (κ3) is 5.09. The Morgan fingerprint density at radius 3 is 2.55 bits per heavy atom. The number of alkyl halides is 5. The van der Waals surface area contributed by atoms with Crippen molar-refractivity contribution in [3.8, 4) is 23.1 Å². The van der Waals surface area contributed by atoms with E-state index in [-0.39, 0.29) is 68.1 Å². The largest absolute Gasteiger partial charge is 0.475 e. The van der Waals surface area contributed by atoms with E-state index in [0.717, 1.165) is 13.3 Å². The van der Waals surface area contributed by atoms with E-state index in [1.807, 2.05) is 11.8 Å². The topological polar surface area (TPSA) is 129 Å². The Bertz CT molecular complexity index is 2100. The Labute approximate surface area is 287 Å². The van der Waals surface area contributed by atoms with Crippen LogP contribution in [0.5, 0.6) is 11.9 Å². The van der Waals surface area contributed by atoms with E-state index in [2.05, 4.69) is 19.9 Å². The molecule has 10 nitrogen and oxygen atoms in total. The van der Waals surface area contributed by atoms with Crippen molar-refractivity contribution in [3.05, 3.63) is 52.7 Å². The highest BCUT2D eigenvalue weighted by atomic mass is 19.4. The van der Waals surface area contributed by atoms with Crippen molar-refractivity contribution in [2.45, 2.75) is 63.2 Å². The predicted octanol–water partition coefficient (Wildman–Crippen LogP) is 6.46. The minimum absolute atomic E-state index is 0.0473. The van der Waals surface area contributed by atoms with Crippen LogP contribution in [0, 0.1) is 24.0 Å². The number of benzene rings is 1. The fourth-order valence-corrected chi connectivity index (χ4v) is 8.35. The van der Waals surface area contributed by atoms with Crippen LogP contribution in [-0.4, -0.2) is 69.1 Å². The molecule has 0 radical (unpaired) electrons. The molecular formula is C34H33F7N8O2. The molecule has 17 heteroatoms. The van der Waals surface area contributed by atoms with Gasteiger partial charge in [-0.05, 0) is 57.4 Å². The lowest BCUT2D eigenvalue weighted by Gasteiger charge is -2.32. The average molecular weight is 719 g/mol. The van der Waals surface area contributed by atoms with Gasteiger partial charge in [-0.25, -0.2) is 27.5 Å². The van der Waals surface area contributed by atoms with Crippen molar-refractivity contribution >= 4 is 28.2 Å². The molecule has 3 aromatic heterocycles. The molecule has 4 aliphatic rings. The number of halogens is 7. The molecule has 4 aromatic rings. The van der Waals surface area contributed by atoms with E-state index >= 15 is 4.39 Å². The molecule has 1 saturated carbocycles. The molecule has 51 heavy (non-hydrogen) atoms. The van der Waals surface area contributed by atoms with Crippen LogP contribution in [0.4, 0.5) is 48.1 Å². The average Bonchev–Trinajstić information content (AvgIpc) is 3.27. The SMILES string of the molecule is Cc1c(F)c(N)cc(-c2nc3c4c(nc(OCC56CCCN5C[C@@]5(C6)CC5(F)F)nc4c2F)N([C@H](C)c2cccnc2N)CCO3)c1C(F)(F)F. The smallest absolute Gasteiger partial charge is 0.417 e. The molecule has 3 atom stereocenters. The number of rotatable bonds is 6. The summed E-state index contributed by atoms with van der Waals surface area (Å²) in [5.41, 5.74) is 5.70. The molecule has 8 rings (SSSR count). The lowest BCUT2D eigenvalue weighted by molar-refractivity contribution is -0.137. The lowest BCUT2D eigenvalue weighted by Crippen LogP contribution is -2.43. The first-order chi connectivity index (χ1) is 24.1. The van der Waals surface area contributed by atoms with Crippen molar-refractivity contribution in [2.75, 3.05) is 49.2 Å². The van der Waals surface area contributed by atoms with Crippen LogP contribution in [0.1, 0.15) is 55.3 Å². The summed E-state index contributed by atoms with van der Waals surface area (Å²) >= 11 is 0. The zero-order chi connectivity index (χ0) is 36.2. The molecule has 3 fully saturated rings. The minimum atomic E-state index is -5.11. The van der Waals surface area contributed by atoms with Crippen molar-refractivity contribution in [1.82, 2.24) is 24.8 Å². The van der Waals surface area contributed by atoms with Gasteiger partial charge < -0.3 is 25.8 Å². The second kappa shape index (κ2) is 11.2. The van der Waals surface area contributed by atoms with Gasteiger partial charge in [0, 0.05) is 30.3 Å². The number of nitrogens with zero attached hydrogens (tertiary/aromatic N) is 6. The van der Waals surface area contributed by atoms with Gasteiger partial charge in [-0.1, -0.05) is 6.07 Å². The number of anilines is 3. The van der Waals surface area contributed by atoms with Crippen LogP contribution < -0.4 is 25.8 Å². The highest BCUT2D eigenvalue weighted by Gasteiger charge is 2.77. The van der Waals surface area contributed by atoms with E-state index < -0.39 is 74.3 Å². The quantitative estimate of drug-likeness (QED) is 0.169. The van der Waals surface area contributed by atoms with E-state index in [9.17, 15) is 26.3 Å². The monoisotopic (exact) mass is 718 g/mol. The first-order valence-corrected chi connectivity index (χ1v) is 16.5. The fraction of sp³-hybridized carbons (Fsp3) is 0.471. The van der Waals surface area contributed by atoms with Gasteiger partial charge in [-0.2, -0.15) is 23.1 Å². The van der Waals surface area contributed by atoms with Gasteiger partial charge in [0.05, 0.1) is 34.8 Å². The maximum atomic E-state index is 16.9. The van der Waals surface area contributed by atoms with Crippen LogP contribution in [-0.2, 0) is 6.18 Å². The summed E-state index contributed by atoms with van der Waals surface area (Å²) in [6.07, 6.45) is -2.20. The van der Waals surface area contributed by atoms with Crippen LogP contribution in [0.25, 0.3) is 22.2 Å². The Kier molecular flexibility index (Phi) is 7.33. The second-order valence-corrected chi connectivity index (χ2v) is 14.0. The van der Waals surface area contributed by atoms with Crippen LogP contribution in [0.15, 0.2) is 24.4 Å². The van der Waals surface area contributed by atoms with Crippen LogP contribution in [0.3, 0.4) is 0 Å². The van der Waals surface area contributed by atoms with Gasteiger partial charge in [0.25, 0.3) is 5.92 Å². The van der Waals surface area contributed by atoms with E-state index in [4.69, 9.17) is 20.9 Å². The lowest BCUT2D eigenvalue weighted by atomic mass is 9.89. The first-order valence-electron chi connectivity index (χ1n) is 16.5. The van der Waals surface area contributed by atoms with Crippen molar-refractivity contribution in [2.24, 2.45) is 5.41 Å². The Morgan fingerprint density at radius 2 is 1.84 bits per heavy atom. The number of nitrogen functional groups attached to an aromatic ring is 2. The highest BCUT2D eigenvalue weighted by molar-refractivity contribution is 5.97. The molecule has 1 aliphatic carbocycles. The molecule has 3 aliphatic heterocycles. The Hall–Kier alpha value is -4.67. The zero-order valence-corrected chi connectivity index (χ0v) is 27.6. The molecular weight excluding hydrogens is 685 g/mol. The summed E-state index contributed by atoms with van der Waals surface area (Å²) in [6, 6.07) is 3.28. The molecule has 0 amide bonds. The van der Waals surface area contributed by atoms with Gasteiger partial charge in [-0.15, -0.1) is 0 Å². The third-order valence-electron chi connectivity index (χ3n) is 11.0. The third-order valence-corrected chi connectivity index (χ3v) is 11.0. The van der Waals surface area contributed by atoms with Gasteiger partial charge in [-0.3, -0.25) is 4.90 Å². The zero-order valence-electron chi connectivity index (χ0n) is 27.6. The van der Waals surface area contributed by atoms with Crippen LogP contribution in [0.2, 0.25) is 0 Å². The Morgan fingerprint density at radius 1 is 1.08 bits per heavy atom. The number of aromatic nitrogens is 4. The van der Waals surface area contributed by atoms with Gasteiger partial charge in [0.1, 0.15) is 47.3 Å². The molecule has 2 saturated heterocycles. The van der Waals surface area contributed by atoms with Crippen LogP contribution >= 0.6 is 0 Å². The number of ether oxygens (including phenoxy) is 2. The van der Waals surface area contributed by atoms with Gasteiger partial charge in [0.15, 0.2) is 5.82 Å². The maximum Gasteiger partial charge on any atom is 0.417 e. The molecule has 0 bridgehead atoms. The molecule has 270 valence electrons. The number of hydrogen-bond donors (Lipinski definition) is 2. The Balaban J connectivity index is 1.30. The molecule has 1 spiro atoms. The first kappa shape index (κ1) is 33.5. The summed E-state index contributed by atoms with van der Waals surface area (Å²) < 4.78 is 116. The summed E-state index contributed by atoms with van der Waals surface area (Å²) in [5.74, 6) is -5.28. The van der Waals surface area contributed by atoms with Crippen molar-refractivity contribution in [1.29, 1.82) is 0 Å². The van der Waals surface area contributed by atoms with E-state index in [0.29, 0.717) is 24.6 Å². The molecule has 4 N–H and O–H groups in total. The summed E-state index contributed by atoms with van der Waals surface area (Å²) in [6.45, 7) is 3.57. The predicted molar refractivity (Wildman–Crippen MR) is 172 cm³/mol.